The quantitative estimate of drug-likeness (QED) is 0.479. The molecule has 3 rings (SSSR count). The molecular formula is C16H13ClFN3OS2. The minimum absolute atomic E-state index is 0.156. The van der Waals surface area contributed by atoms with Crippen molar-refractivity contribution in [3.8, 4) is 0 Å². The lowest BCUT2D eigenvalue weighted by atomic mass is 10.3. The van der Waals surface area contributed by atoms with Crippen molar-refractivity contribution >= 4 is 56.0 Å². The van der Waals surface area contributed by atoms with Crippen molar-refractivity contribution in [2.24, 2.45) is 0 Å². The van der Waals surface area contributed by atoms with E-state index in [1.54, 1.807) is 23.9 Å². The van der Waals surface area contributed by atoms with Gasteiger partial charge in [-0.05, 0) is 36.4 Å². The number of hydrogen-bond acceptors (Lipinski definition) is 5. The van der Waals surface area contributed by atoms with E-state index in [1.165, 1.54) is 17.4 Å². The first-order valence-electron chi connectivity index (χ1n) is 7.10. The molecule has 0 aliphatic carbocycles. The van der Waals surface area contributed by atoms with Gasteiger partial charge in [-0.25, -0.2) is 9.37 Å². The van der Waals surface area contributed by atoms with Gasteiger partial charge in [0, 0.05) is 22.1 Å². The lowest BCUT2D eigenvalue weighted by Gasteiger charge is -2.05. The summed E-state index contributed by atoms with van der Waals surface area (Å²) in [4.78, 5) is 17.0. The fourth-order valence-electron chi connectivity index (χ4n) is 1.95. The number of hydrogen-bond donors (Lipinski definition) is 2. The fraction of sp³-hybridized carbons (Fsp3) is 0.125. The maximum atomic E-state index is 13.6. The van der Waals surface area contributed by atoms with Crippen molar-refractivity contribution in [3.63, 3.8) is 0 Å². The van der Waals surface area contributed by atoms with Crippen LogP contribution in [0.1, 0.15) is 6.42 Å². The molecule has 0 unspecified atom stereocenters. The van der Waals surface area contributed by atoms with Crippen LogP contribution in [0.2, 0.25) is 5.02 Å². The Balaban J connectivity index is 1.46. The minimum atomic E-state index is -0.373. The zero-order valence-corrected chi connectivity index (χ0v) is 14.8. The molecule has 124 valence electrons. The number of hydrazine groups is 1. The molecule has 1 amide bonds. The summed E-state index contributed by atoms with van der Waals surface area (Å²) in [7, 11) is 0. The zero-order valence-electron chi connectivity index (χ0n) is 12.4. The minimum Gasteiger partial charge on any atom is -0.273 e. The first-order chi connectivity index (χ1) is 11.6. The highest BCUT2D eigenvalue weighted by atomic mass is 35.5. The number of nitrogens with one attached hydrogen (secondary N) is 2. The Kier molecular flexibility index (Phi) is 5.55. The molecule has 2 aromatic carbocycles. The molecule has 0 bridgehead atoms. The number of thioether (sulfide) groups is 1. The molecule has 1 heterocycles. The van der Waals surface area contributed by atoms with Crippen LogP contribution >= 0.6 is 34.7 Å². The van der Waals surface area contributed by atoms with Crippen molar-refractivity contribution in [1.82, 2.24) is 10.4 Å². The highest BCUT2D eigenvalue weighted by Gasteiger charge is 2.08. The molecule has 0 spiro atoms. The molecule has 0 fully saturated rings. The van der Waals surface area contributed by atoms with Crippen molar-refractivity contribution in [2.75, 3.05) is 11.2 Å². The summed E-state index contributed by atoms with van der Waals surface area (Å²) in [5, 5.41) is 1.14. The van der Waals surface area contributed by atoms with Crippen LogP contribution in [-0.2, 0) is 4.79 Å². The van der Waals surface area contributed by atoms with Crippen LogP contribution in [0.25, 0.3) is 10.2 Å². The van der Waals surface area contributed by atoms with E-state index in [0.717, 1.165) is 9.60 Å². The molecule has 4 nitrogen and oxygen atoms in total. The van der Waals surface area contributed by atoms with E-state index in [0.29, 0.717) is 27.8 Å². The van der Waals surface area contributed by atoms with Gasteiger partial charge >= 0.3 is 0 Å². The van der Waals surface area contributed by atoms with Crippen molar-refractivity contribution < 1.29 is 9.18 Å². The summed E-state index contributed by atoms with van der Waals surface area (Å²) in [5.41, 5.74) is 5.61. The van der Waals surface area contributed by atoms with Crippen LogP contribution in [0, 0.1) is 5.82 Å². The number of para-hydroxylation sites is 1. The van der Waals surface area contributed by atoms with Crippen molar-refractivity contribution in [3.05, 3.63) is 53.3 Å². The monoisotopic (exact) mass is 381 g/mol. The first-order valence-corrected chi connectivity index (χ1v) is 9.28. The topological polar surface area (TPSA) is 54.0 Å². The number of carbonyl (C=O) groups excluding carboxylic acids is 1. The highest BCUT2D eigenvalue weighted by molar-refractivity contribution is 7.99. The van der Waals surface area contributed by atoms with Gasteiger partial charge in [-0.1, -0.05) is 29.0 Å². The average Bonchev–Trinajstić information content (AvgIpc) is 2.99. The average molecular weight is 382 g/mol. The van der Waals surface area contributed by atoms with Gasteiger partial charge in [0.05, 0.1) is 4.70 Å². The van der Waals surface area contributed by atoms with E-state index < -0.39 is 0 Å². The number of benzene rings is 2. The largest absolute Gasteiger partial charge is 0.273 e. The highest BCUT2D eigenvalue weighted by Crippen LogP contribution is 2.27. The van der Waals surface area contributed by atoms with E-state index in [9.17, 15) is 9.18 Å². The standard InChI is InChI=1S/C16H13ClFN3OS2/c17-10-4-6-11(7-5-10)23-9-8-14(22)20-21-16-19-15-12(18)2-1-3-13(15)24-16/h1-7H,8-9H2,(H,19,21)(H,20,22). The molecule has 0 saturated carbocycles. The molecule has 2 N–H and O–H groups in total. The molecular weight excluding hydrogens is 369 g/mol. The Labute approximate surface area is 151 Å². The number of nitrogens with zero attached hydrogens (tertiary/aromatic N) is 1. The van der Waals surface area contributed by atoms with Crippen LogP contribution < -0.4 is 10.9 Å². The third-order valence-corrected chi connectivity index (χ3v) is 5.29. The summed E-state index contributed by atoms with van der Waals surface area (Å²) < 4.78 is 14.3. The van der Waals surface area contributed by atoms with E-state index in [2.05, 4.69) is 15.8 Å². The zero-order chi connectivity index (χ0) is 16.9. The number of thiazole rings is 1. The van der Waals surface area contributed by atoms with Crippen molar-refractivity contribution in [2.45, 2.75) is 11.3 Å². The third kappa shape index (κ3) is 4.37. The Morgan fingerprint density at radius 3 is 2.79 bits per heavy atom. The predicted octanol–water partition coefficient (Wildman–Crippen LogP) is 4.71. The second-order valence-electron chi connectivity index (χ2n) is 4.83. The maximum Gasteiger partial charge on any atom is 0.239 e. The lowest BCUT2D eigenvalue weighted by Crippen LogP contribution is -2.29. The second kappa shape index (κ2) is 7.83. The SMILES string of the molecule is O=C(CCSc1ccc(Cl)cc1)NNc1nc2c(F)cccc2s1. The molecule has 24 heavy (non-hydrogen) atoms. The fourth-order valence-corrected chi connectivity index (χ4v) is 3.76. The third-order valence-electron chi connectivity index (χ3n) is 3.09. The van der Waals surface area contributed by atoms with Gasteiger partial charge in [0.1, 0.15) is 11.3 Å². The number of carbonyl (C=O) groups is 1. The Morgan fingerprint density at radius 1 is 1.25 bits per heavy atom. The number of amides is 1. The first kappa shape index (κ1) is 17.0. The number of aromatic nitrogens is 1. The van der Waals surface area contributed by atoms with E-state index in [4.69, 9.17) is 11.6 Å². The molecule has 8 heteroatoms. The number of rotatable bonds is 6. The van der Waals surface area contributed by atoms with Gasteiger partial charge in [0.2, 0.25) is 11.0 Å². The van der Waals surface area contributed by atoms with Crippen molar-refractivity contribution in [1.29, 1.82) is 0 Å². The van der Waals surface area contributed by atoms with Crippen LogP contribution in [0.15, 0.2) is 47.4 Å². The second-order valence-corrected chi connectivity index (χ2v) is 7.47. The number of halogens is 2. The lowest BCUT2D eigenvalue weighted by molar-refractivity contribution is -0.120. The van der Waals surface area contributed by atoms with Crippen LogP contribution in [0.5, 0.6) is 0 Å². The van der Waals surface area contributed by atoms with Crippen LogP contribution in [-0.4, -0.2) is 16.6 Å². The molecule has 0 saturated heterocycles. The molecule has 0 radical (unpaired) electrons. The Hall–Kier alpha value is -1.83. The summed E-state index contributed by atoms with van der Waals surface area (Å²) in [6.07, 6.45) is 0.347. The Morgan fingerprint density at radius 2 is 2.04 bits per heavy atom. The van der Waals surface area contributed by atoms with Gasteiger partial charge in [-0.15, -0.1) is 11.8 Å². The number of fused-ring (bicyclic) bond motifs is 1. The van der Waals surface area contributed by atoms with Gasteiger partial charge in [-0.3, -0.25) is 15.6 Å². The molecule has 1 aromatic heterocycles. The molecule has 0 aliphatic heterocycles. The van der Waals surface area contributed by atoms with Gasteiger partial charge in [-0.2, -0.15) is 0 Å². The molecule has 0 atom stereocenters. The summed E-state index contributed by atoms with van der Waals surface area (Å²) in [6.45, 7) is 0. The summed E-state index contributed by atoms with van der Waals surface area (Å²) in [5.74, 6) is 0.113. The normalized spacial score (nSPS) is 10.8. The van der Waals surface area contributed by atoms with E-state index in [-0.39, 0.29) is 11.7 Å². The molecule has 0 aliphatic rings. The maximum absolute atomic E-state index is 13.6. The van der Waals surface area contributed by atoms with E-state index >= 15 is 0 Å². The van der Waals surface area contributed by atoms with Crippen LogP contribution in [0.3, 0.4) is 0 Å². The molecule has 3 aromatic rings. The Bertz CT molecular complexity index is 854. The summed E-state index contributed by atoms with van der Waals surface area (Å²) >= 11 is 8.68. The van der Waals surface area contributed by atoms with E-state index in [1.807, 2.05) is 24.3 Å². The van der Waals surface area contributed by atoms with Gasteiger partial charge in [0.15, 0.2) is 0 Å². The summed E-state index contributed by atoms with van der Waals surface area (Å²) in [6, 6.07) is 12.2. The van der Waals surface area contributed by atoms with Crippen LogP contribution in [0.4, 0.5) is 9.52 Å². The van der Waals surface area contributed by atoms with Gasteiger partial charge < -0.3 is 0 Å². The smallest absolute Gasteiger partial charge is 0.239 e. The van der Waals surface area contributed by atoms with Gasteiger partial charge in [0.25, 0.3) is 0 Å². The number of anilines is 1. The predicted molar refractivity (Wildman–Crippen MR) is 98.1 cm³/mol.